The van der Waals surface area contributed by atoms with E-state index in [0.29, 0.717) is 0 Å². The fourth-order valence-corrected chi connectivity index (χ4v) is 0.862. The lowest BCUT2D eigenvalue weighted by Crippen LogP contribution is -2.47. The van der Waals surface area contributed by atoms with E-state index in [0.717, 1.165) is 0 Å². The number of carbonyl (C=O) groups is 2. The molecule has 4 heteroatoms. The van der Waals surface area contributed by atoms with Gasteiger partial charge in [0, 0.05) is 19.5 Å². The standard InChI is InChI=1S/C10H20N2O2/c1-7(8(13)12(5)6)11-9(14)10(2,3)4/h7H,1-6H3,(H,11,14). The zero-order chi connectivity index (χ0) is 11.5. The van der Waals surface area contributed by atoms with Crippen LogP contribution in [0.4, 0.5) is 0 Å². The van der Waals surface area contributed by atoms with Crippen LogP contribution in [-0.2, 0) is 9.59 Å². The summed E-state index contributed by atoms with van der Waals surface area (Å²) in [6.45, 7) is 7.13. The summed E-state index contributed by atoms with van der Waals surface area (Å²) in [7, 11) is 3.34. The maximum atomic E-state index is 11.5. The van der Waals surface area contributed by atoms with Crippen LogP contribution < -0.4 is 5.32 Å². The Kier molecular flexibility index (Phi) is 4.10. The fraction of sp³-hybridized carbons (Fsp3) is 0.800. The average Bonchev–Trinajstić information content (AvgIpc) is 2.00. The van der Waals surface area contributed by atoms with Crippen molar-refractivity contribution in [1.82, 2.24) is 10.2 Å². The largest absolute Gasteiger partial charge is 0.347 e. The van der Waals surface area contributed by atoms with Crippen LogP contribution in [0.3, 0.4) is 0 Å². The van der Waals surface area contributed by atoms with Crippen molar-refractivity contribution in [2.24, 2.45) is 5.41 Å². The summed E-state index contributed by atoms with van der Waals surface area (Å²) in [6, 6.07) is -0.461. The number of nitrogens with zero attached hydrogens (tertiary/aromatic N) is 1. The van der Waals surface area contributed by atoms with Gasteiger partial charge >= 0.3 is 0 Å². The van der Waals surface area contributed by atoms with Gasteiger partial charge in [-0.05, 0) is 6.92 Å². The highest BCUT2D eigenvalue weighted by molar-refractivity contribution is 5.89. The Labute approximate surface area is 85.7 Å². The molecule has 0 rings (SSSR count). The molecule has 1 N–H and O–H groups in total. The predicted octanol–water partition coefficient (Wildman–Crippen LogP) is 0.625. The molecule has 0 radical (unpaired) electrons. The highest BCUT2D eigenvalue weighted by Gasteiger charge is 2.25. The van der Waals surface area contributed by atoms with Crippen molar-refractivity contribution in [3.8, 4) is 0 Å². The van der Waals surface area contributed by atoms with Crippen LogP contribution in [0.25, 0.3) is 0 Å². The van der Waals surface area contributed by atoms with Gasteiger partial charge in [-0.25, -0.2) is 0 Å². The monoisotopic (exact) mass is 200 g/mol. The Morgan fingerprint density at radius 3 is 1.93 bits per heavy atom. The maximum Gasteiger partial charge on any atom is 0.244 e. The lowest BCUT2D eigenvalue weighted by molar-refractivity contribution is -0.136. The number of nitrogens with one attached hydrogen (secondary N) is 1. The molecule has 0 saturated carbocycles. The van der Waals surface area contributed by atoms with Crippen molar-refractivity contribution in [1.29, 1.82) is 0 Å². The van der Waals surface area contributed by atoms with E-state index < -0.39 is 11.5 Å². The minimum Gasteiger partial charge on any atom is -0.347 e. The Hall–Kier alpha value is -1.06. The molecule has 0 heterocycles. The van der Waals surface area contributed by atoms with Gasteiger partial charge in [-0.1, -0.05) is 20.8 Å². The van der Waals surface area contributed by atoms with E-state index in [1.165, 1.54) is 4.90 Å². The number of likely N-dealkylation sites (N-methyl/N-ethyl adjacent to an activating group) is 1. The van der Waals surface area contributed by atoms with Gasteiger partial charge in [-0.2, -0.15) is 0 Å². The van der Waals surface area contributed by atoms with Gasteiger partial charge < -0.3 is 10.2 Å². The Morgan fingerprint density at radius 2 is 1.64 bits per heavy atom. The second kappa shape index (κ2) is 4.44. The van der Waals surface area contributed by atoms with Crippen molar-refractivity contribution in [2.45, 2.75) is 33.7 Å². The molecule has 2 amide bonds. The third-order valence-corrected chi connectivity index (χ3v) is 1.84. The first kappa shape index (κ1) is 12.9. The highest BCUT2D eigenvalue weighted by Crippen LogP contribution is 2.12. The minimum absolute atomic E-state index is 0.0948. The highest BCUT2D eigenvalue weighted by atomic mass is 16.2. The number of amides is 2. The second-order valence-corrected chi connectivity index (χ2v) is 4.68. The van der Waals surface area contributed by atoms with E-state index in [1.54, 1.807) is 21.0 Å². The third-order valence-electron chi connectivity index (χ3n) is 1.84. The smallest absolute Gasteiger partial charge is 0.244 e. The summed E-state index contributed by atoms with van der Waals surface area (Å²) >= 11 is 0. The third kappa shape index (κ3) is 3.77. The van der Waals surface area contributed by atoms with Crippen molar-refractivity contribution >= 4 is 11.8 Å². The number of hydrogen-bond acceptors (Lipinski definition) is 2. The zero-order valence-electron chi connectivity index (χ0n) is 9.84. The molecular weight excluding hydrogens is 180 g/mol. The van der Waals surface area contributed by atoms with Crippen molar-refractivity contribution < 1.29 is 9.59 Å². The molecule has 0 fully saturated rings. The van der Waals surface area contributed by atoms with Crippen LogP contribution in [0, 0.1) is 5.41 Å². The molecule has 4 nitrogen and oxygen atoms in total. The first-order chi connectivity index (χ1) is 6.16. The zero-order valence-corrected chi connectivity index (χ0v) is 9.84. The Morgan fingerprint density at radius 1 is 1.21 bits per heavy atom. The van der Waals surface area contributed by atoms with E-state index >= 15 is 0 Å². The summed E-state index contributed by atoms with van der Waals surface area (Å²) in [5.74, 6) is -0.206. The van der Waals surface area contributed by atoms with Gasteiger partial charge in [-0.15, -0.1) is 0 Å². The van der Waals surface area contributed by atoms with E-state index in [-0.39, 0.29) is 11.8 Å². The Bertz CT molecular complexity index is 229. The molecule has 0 aromatic heterocycles. The van der Waals surface area contributed by atoms with Gasteiger partial charge in [0.2, 0.25) is 11.8 Å². The lowest BCUT2D eigenvalue weighted by atomic mass is 9.95. The maximum absolute atomic E-state index is 11.5. The SMILES string of the molecule is CC(NC(=O)C(C)(C)C)C(=O)N(C)C. The molecule has 0 aromatic carbocycles. The number of carbonyl (C=O) groups excluding carboxylic acids is 2. The van der Waals surface area contributed by atoms with Crippen LogP contribution >= 0.6 is 0 Å². The van der Waals surface area contributed by atoms with Crippen molar-refractivity contribution in [3.05, 3.63) is 0 Å². The summed E-state index contributed by atoms with van der Waals surface area (Å²) in [5.41, 5.74) is -0.457. The van der Waals surface area contributed by atoms with Crippen molar-refractivity contribution in [3.63, 3.8) is 0 Å². The van der Waals surface area contributed by atoms with Crippen LogP contribution in [0.15, 0.2) is 0 Å². The fourth-order valence-electron chi connectivity index (χ4n) is 0.862. The van der Waals surface area contributed by atoms with Gasteiger partial charge in [0.25, 0.3) is 0 Å². The lowest BCUT2D eigenvalue weighted by Gasteiger charge is -2.23. The molecule has 0 spiro atoms. The molecule has 0 aliphatic heterocycles. The summed E-state index contributed by atoms with van der Waals surface area (Å²) in [4.78, 5) is 24.4. The minimum atomic E-state index is -0.461. The van der Waals surface area contributed by atoms with Gasteiger partial charge in [0.15, 0.2) is 0 Å². The van der Waals surface area contributed by atoms with Crippen molar-refractivity contribution in [2.75, 3.05) is 14.1 Å². The molecule has 1 unspecified atom stereocenters. The molecule has 0 bridgehead atoms. The molecule has 0 aliphatic carbocycles. The molecule has 82 valence electrons. The summed E-state index contributed by atoms with van der Waals surface area (Å²) < 4.78 is 0. The summed E-state index contributed by atoms with van der Waals surface area (Å²) in [6.07, 6.45) is 0. The molecule has 14 heavy (non-hydrogen) atoms. The average molecular weight is 200 g/mol. The molecule has 1 atom stereocenters. The van der Waals surface area contributed by atoms with Gasteiger partial charge in [0.1, 0.15) is 6.04 Å². The van der Waals surface area contributed by atoms with E-state index in [9.17, 15) is 9.59 Å². The number of hydrogen-bond donors (Lipinski definition) is 1. The van der Waals surface area contributed by atoms with Gasteiger partial charge in [0.05, 0.1) is 0 Å². The van der Waals surface area contributed by atoms with E-state index in [2.05, 4.69) is 5.32 Å². The molecular formula is C10H20N2O2. The van der Waals surface area contributed by atoms with Gasteiger partial charge in [-0.3, -0.25) is 9.59 Å². The first-order valence-corrected chi connectivity index (χ1v) is 4.68. The Balaban J connectivity index is 4.27. The van der Waals surface area contributed by atoms with Crippen LogP contribution in [0.1, 0.15) is 27.7 Å². The molecule has 0 aromatic rings. The number of rotatable bonds is 2. The van der Waals surface area contributed by atoms with Crippen LogP contribution in [0.5, 0.6) is 0 Å². The second-order valence-electron chi connectivity index (χ2n) is 4.68. The predicted molar refractivity (Wildman–Crippen MR) is 55.8 cm³/mol. The van der Waals surface area contributed by atoms with E-state index in [1.807, 2.05) is 20.8 Å². The topological polar surface area (TPSA) is 49.4 Å². The molecule has 0 saturated heterocycles. The van der Waals surface area contributed by atoms with Crippen LogP contribution in [-0.4, -0.2) is 36.9 Å². The quantitative estimate of drug-likeness (QED) is 0.710. The molecule has 0 aliphatic rings. The van der Waals surface area contributed by atoms with Crippen LogP contribution in [0.2, 0.25) is 0 Å². The summed E-state index contributed by atoms with van der Waals surface area (Å²) in [5, 5.41) is 2.67. The first-order valence-electron chi connectivity index (χ1n) is 4.68. The normalized spacial score (nSPS) is 13.3. The van der Waals surface area contributed by atoms with E-state index in [4.69, 9.17) is 0 Å².